The lowest BCUT2D eigenvalue weighted by molar-refractivity contribution is -0.140. The molecule has 0 saturated heterocycles. The summed E-state index contributed by atoms with van der Waals surface area (Å²) in [5, 5.41) is 0. The Morgan fingerprint density at radius 3 is 1.62 bits per heavy atom. The second-order valence-corrected chi connectivity index (χ2v) is 13.2. The number of H-pyrrole nitrogens is 2. The van der Waals surface area contributed by atoms with E-state index in [0.29, 0.717) is 23.3 Å². The van der Waals surface area contributed by atoms with E-state index in [0.717, 1.165) is 83.2 Å². The second-order valence-electron chi connectivity index (χ2n) is 13.2. The lowest BCUT2D eigenvalue weighted by atomic mass is 9.65. The quantitative estimate of drug-likeness (QED) is 0.219. The highest BCUT2D eigenvalue weighted by molar-refractivity contribution is 6.08. The van der Waals surface area contributed by atoms with Gasteiger partial charge >= 0.3 is 11.9 Å². The smallest absolute Gasteiger partial charge is 0.335 e. The number of hydrogen-bond donors (Lipinski definition) is 2. The van der Waals surface area contributed by atoms with Crippen molar-refractivity contribution >= 4 is 50.7 Å². The maximum Gasteiger partial charge on any atom is 0.335 e. The van der Waals surface area contributed by atoms with Gasteiger partial charge in [-0.1, -0.05) is 54.5 Å². The first kappa shape index (κ1) is 35.1. The molecule has 3 aromatic rings. The summed E-state index contributed by atoms with van der Waals surface area (Å²) < 4.78 is 10.6. The van der Waals surface area contributed by atoms with Gasteiger partial charge in [0, 0.05) is 22.1 Å². The number of aromatic amines is 2. The molecule has 2 N–H and O–H groups in total. The highest BCUT2D eigenvalue weighted by atomic mass is 16.5. The predicted molar refractivity (Wildman–Crippen MR) is 202 cm³/mol. The molecular formula is C42H50N4O4. The molecule has 8 nitrogen and oxygen atoms in total. The van der Waals surface area contributed by atoms with Crippen LogP contribution in [0.25, 0.3) is 38.8 Å². The van der Waals surface area contributed by atoms with Crippen LogP contribution in [0.2, 0.25) is 0 Å². The first-order chi connectivity index (χ1) is 24.2. The van der Waals surface area contributed by atoms with E-state index < -0.39 is 17.4 Å². The van der Waals surface area contributed by atoms with Gasteiger partial charge in [-0.05, 0) is 115 Å². The minimum atomic E-state index is -1.03. The summed E-state index contributed by atoms with van der Waals surface area (Å²) in [7, 11) is 2.71. The van der Waals surface area contributed by atoms with Crippen LogP contribution in [0, 0.1) is 0 Å². The van der Waals surface area contributed by atoms with Gasteiger partial charge in [0.05, 0.1) is 53.6 Å². The highest BCUT2D eigenvalue weighted by Crippen LogP contribution is 2.54. The molecule has 6 rings (SSSR count). The van der Waals surface area contributed by atoms with Gasteiger partial charge in [-0.25, -0.2) is 14.6 Å². The molecule has 0 fully saturated rings. The lowest BCUT2D eigenvalue weighted by Gasteiger charge is -2.35. The van der Waals surface area contributed by atoms with E-state index in [1.165, 1.54) is 47.6 Å². The van der Waals surface area contributed by atoms with Gasteiger partial charge in [0.2, 0.25) is 0 Å². The van der Waals surface area contributed by atoms with E-state index in [2.05, 4.69) is 75.8 Å². The van der Waals surface area contributed by atoms with E-state index in [9.17, 15) is 9.59 Å². The normalized spacial score (nSPS) is 17.2. The van der Waals surface area contributed by atoms with Crippen LogP contribution in [-0.2, 0) is 50.2 Å². The van der Waals surface area contributed by atoms with Crippen molar-refractivity contribution in [1.29, 1.82) is 0 Å². The zero-order valence-electron chi connectivity index (χ0n) is 31.1. The van der Waals surface area contributed by atoms with E-state index in [1.807, 2.05) is 13.0 Å². The fourth-order valence-corrected chi connectivity index (χ4v) is 8.77. The van der Waals surface area contributed by atoms with Crippen molar-refractivity contribution in [3.8, 4) is 0 Å². The third-order valence-electron chi connectivity index (χ3n) is 11.0. The molecule has 262 valence electrons. The summed E-state index contributed by atoms with van der Waals surface area (Å²) >= 11 is 0. The molecule has 0 aromatic carbocycles. The molecule has 0 radical (unpaired) electrons. The minimum absolute atomic E-state index is 0.235. The minimum Gasteiger partial charge on any atom is -0.466 e. The van der Waals surface area contributed by atoms with Crippen LogP contribution in [0.15, 0.2) is 41.5 Å². The van der Waals surface area contributed by atoms with Crippen molar-refractivity contribution in [3.05, 3.63) is 86.5 Å². The number of carbonyl (C=O) groups excluding carboxylic acids is 2. The average Bonchev–Trinajstić information content (AvgIpc) is 3.84. The molecule has 0 amide bonds. The summed E-state index contributed by atoms with van der Waals surface area (Å²) in [6, 6.07) is 8.67. The Hall–Kier alpha value is -4.72. The maximum atomic E-state index is 13.8. The number of esters is 2. The first-order valence-electron chi connectivity index (χ1n) is 18.3. The lowest BCUT2D eigenvalue weighted by Crippen LogP contribution is -2.36. The fraction of sp³-hybridized carbons (Fsp3) is 0.429. The molecular weight excluding hydrogens is 624 g/mol. The molecule has 50 heavy (non-hydrogen) atoms. The number of nitrogens with one attached hydrogen (secondary N) is 2. The van der Waals surface area contributed by atoms with Gasteiger partial charge in [0.1, 0.15) is 0 Å². The highest BCUT2D eigenvalue weighted by Gasteiger charge is 2.51. The van der Waals surface area contributed by atoms with E-state index >= 15 is 0 Å². The topological polar surface area (TPSA) is 110 Å². The number of aryl methyl sites for hydroxylation is 4. The maximum absolute atomic E-state index is 13.8. The number of aromatic nitrogens is 4. The zero-order valence-corrected chi connectivity index (χ0v) is 31.1. The molecule has 2 aliphatic heterocycles. The van der Waals surface area contributed by atoms with E-state index in [-0.39, 0.29) is 6.42 Å². The number of fused-ring (bicyclic) bond motifs is 11. The molecule has 1 aliphatic carbocycles. The van der Waals surface area contributed by atoms with E-state index in [1.54, 1.807) is 0 Å². The van der Waals surface area contributed by atoms with Gasteiger partial charge in [-0.15, -0.1) is 0 Å². The van der Waals surface area contributed by atoms with Crippen LogP contribution < -0.4 is 0 Å². The number of nitrogens with zero attached hydrogens (tertiary/aromatic N) is 2. The standard InChI is InChI=1S/C42H50N4O4/c1-10-23-24(11-2)32-20-34-27(14-5)28(15-6)36(45-34)22-38-42(16-7)30(18-17-29(40(47)49-8)39(42)41(48)50-9)37(46-38)21-35-26(13-4)25(12-3)33(44-35)19-31(23)43-32/h18-22,43,45H,10-17H2,1-9H3. The van der Waals surface area contributed by atoms with Crippen LogP contribution in [0.4, 0.5) is 0 Å². The molecule has 0 spiro atoms. The Balaban J connectivity index is 1.86. The van der Waals surface area contributed by atoms with Gasteiger partial charge in [0.15, 0.2) is 0 Å². The molecule has 3 aliphatic rings. The number of allylic oxidation sites excluding steroid dienone is 4. The van der Waals surface area contributed by atoms with Crippen molar-refractivity contribution in [2.45, 2.75) is 105 Å². The van der Waals surface area contributed by atoms with Crippen LogP contribution in [0.1, 0.15) is 119 Å². The Labute approximate surface area is 295 Å². The molecule has 8 heteroatoms. The predicted octanol–water partition coefficient (Wildman–Crippen LogP) is 9.07. The van der Waals surface area contributed by atoms with Crippen molar-refractivity contribution < 1.29 is 19.1 Å². The van der Waals surface area contributed by atoms with Gasteiger partial charge in [-0.3, -0.25) is 4.98 Å². The Bertz CT molecular complexity index is 2160. The summed E-state index contributed by atoms with van der Waals surface area (Å²) in [5.41, 5.74) is 15.5. The third-order valence-corrected chi connectivity index (χ3v) is 11.0. The average molecular weight is 675 g/mol. The van der Waals surface area contributed by atoms with Crippen LogP contribution in [0.5, 0.6) is 0 Å². The molecule has 1 unspecified atom stereocenters. The monoisotopic (exact) mass is 674 g/mol. The SMILES string of the molecule is CCC1=C(CC)c2cc3[nH]c(cc4[nH]c(cc5nc(cc1n2)C1=CCC(C(=O)OC)=C(C(=O)OC)C15CC)c(CC)c4CC)c(CC)c3CC. The molecule has 3 aromatic heterocycles. The molecule has 5 heterocycles. The summed E-state index contributed by atoms with van der Waals surface area (Å²) in [4.78, 5) is 45.4. The largest absolute Gasteiger partial charge is 0.466 e. The van der Waals surface area contributed by atoms with Gasteiger partial charge in [0.25, 0.3) is 0 Å². The fourth-order valence-electron chi connectivity index (χ4n) is 8.77. The number of ether oxygens (including phenoxy) is 2. The molecule has 8 bridgehead atoms. The number of hydrogen-bond acceptors (Lipinski definition) is 6. The van der Waals surface area contributed by atoms with Crippen molar-refractivity contribution in [2.24, 2.45) is 0 Å². The zero-order chi connectivity index (χ0) is 35.9. The third kappa shape index (κ3) is 5.26. The van der Waals surface area contributed by atoms with Crippen molar-refractivity contribution in [1.82, 2.24) is 19.9 Å². The van der Waals surface area contributed by atoms with Crippen LogP contribution in [0.3, 0.4) is 0 Å². The number of carbonyl (C=O) groups is 2. The van der Waals surface area contributed by atoms with Crippen LogP contribution >= 0.6 is 0 Å². The van der Waals surface area contributed by atoms with Gasteiger partial charge in [-0.2, -0.15) is 0 Å². The first-order valence-corrected chi connectivity index (χ1v) is 18.3. The number of rotatable bonds is 9. The Morgan fingerprint density at radius 2 is 1.14 bits per heavy atom. The van der Waals surface area contributed by atoms with Crippen molar-refractivity contribution in [2.75, 3.05) is 14.2 Å². The summed E-state index contributed by atoms with van der Waals surface area (Å²) in [6.07, 6.45) is 7.91. The Morgan fingerprint density at radius 1 is 0.640 bits per heavy atom. The summed E-state index contributed by atoms with van der Waals surface area (Å²) in [5.74, 6) is -1.09. The molecule has 0 saturated carbocycles. The van der Waals surface area contributed by atoms with E-state index in [4.69, 9.17) is 19.4 Å². The second kappa shape index (κ2) is 13.9. The van der Waals surface area contributed by atoms with Gasteiger partial charge < -0.3 is 19.4 Å². The summed E-state index contributed by atoms with van der Waals surface area (Å²) in [6.45, 7) is 15.2. The Kier molecular flexibility index (Phi) is 9.75. The molecule has 1 atom stereocenters. The number of methoxy groups -OCH3 is 2. The van der Waals surface area contributed by atoms with Crippen LogP contribution in [-0.4, -0.2) is 46.1 Å². The van der Waals surface area contributed by atoms with Crippen molar-refractivity contribution in [3.63, 3.8) is 0 Å².